The molecule has 0 unspecified atom stereocenters. The number of nitrogens with zero attached hydrogens (tertiary/aromatic N) is 1. The van der Waals surface area contributed by atoms with Crippen molar-refractivity contribution in [2.75, 3.05) is 40.2 Å². The Bertz CT molecular complexity index is 844. The highest BCUT2D eigenvalue weighted by atomic mass is 16.5. The number of carbonyl (C=O) groups excluding carboxylic acids is 2. The fourth-order valence-electron chi connectivity index (χ4n) is 2.21. The molecule has 0 atom stereocenters. The molecule has 1 N–H and O–H groups in total. The number of ether oxygens (including phenoxy) is 3. The quantitative estimate of drug-likeness (QED) is 0.708. The van der Waals surface area contributed by atoms with Gasteiger partial charge in [-0.3, -0.25) is 9.59 Å². The number of carbonyl (C=O) groups is 2. The van der Waals surface area contributed by atoms with Gasteiger partial charge in [0, 0.05) is 37.5 Å². The van der Waals surface area contributed by atoms with E-state index >= 15 is 0 Å². The van der Waals surface area contributed by atoms with Gasteiger partial charge in [-0.25, -0.2) is 0 Å². The molecule has 0 aliphatic heterocycles. The summed E-state index contributed by atoms with van der Waals surface area (Å²) in [6.45, 7) is -0.0366. The molecule has 0 aliphatic rings. The van der Waals surface area contributed by atoms with Crippen LogP contribution in [0.4, 0.5) is 5.69 Å². The molecule has 7 heteroatoms. The first-order valence-electron chi connectivity index (χ1n) is 8.57. The number of likely N-dealkylation sites (N-methyl/N-ethyl adjacent to an activating group) is 1. The lowest BCUT2D eigenvalue weighted by Crippen LogP contribution is -2.27. The van der Waals surface area contributed by atoms with Crippen LogP contribution >= 0.6 is 0 Å². The van der Waals surface area contributed by atoms with Crippen LogP contribution in [0.3, 0.4) is 0 Å². The van der Waals surface area contributed by atoms with Crippen LogP contribution in [0, 0.1) is 0 Å². The first-order chi connectivity index (χ1) is 13.4. The second-order valence-corrected chi connectivity index (χ2v) is 6.03. The van der Waals surface area contributed by atoms with E-state index < -0.39 is 0 Å². The average Bonchev–Trinajstić information content (AvgIpc) is 2.71. The number of hydrogen-bond donors (Lipinski definition) is 1. The van der Waals surface area contributed by atoms with E-state index in [1.165, 1.54) is 11.0 Å². The summed E-state index contributed by atoms with van der Waals surface area (Å²) in [4.78, 5) is 25.1. The second-order valence-electron chi connectivity index (χ2n) is 6.03. The highest BCUT2D eigenvalue weighted by Gasteiger charge is 2.06. The first kappa shape index (κ1) is 20.8. The van der Waals surface area contributed by atoms with Crippen LogP contribution in [-0.2, 0) is 9.59 Å². The van der Waals surface area contributed by atoms with Crippen molar-refractivity contribution in [1.29, 1.82) is 0 Å². The van der Waals surface area contributed by atoms with Crippen molar-refractivity contribution in [2.45, 2.75) is 0 Å². The predicted molar refractivity (Wildman–Crippen MR) is 108 cm³/mol. The Morgan fingerprint density at radius 2 is 1.68 bits per heavy atom. The SMILES string of the molecule is COc1ccc(/C=C/C(=O)Nc2ccc(OCC(=O)N(C)C)cc2)c(OC)c1. The van der Waals surface area contributed by atoms with Gasteiger partial charge in [-0.05, 0) is 42.5 Å². The molecule has 2 amide bonds. The van der Waals surface area contributed by atoms with Crippen molar-refractivity contribution in [2.24, 2.45) is 0 Å². The van der Waals surface area contributed by atoms with Gasteiger partial charge in [-0.15, -0.1) is 0 Å². The van der Waals surface area contributed by atoms with Crippen LogP contribution in [-0.4, -0.2) is 51.6 Å². The maximum absolute atomic E-state index is 12.1. The van der Waals surface area contributed by atoms with Gasteiger partial charge >= 0.3 is 0 Å². The molecule has 2 rings (SSSR count). The zero-order valence-corrected chi connectivity index (χ0v) is 16.4. The van der Waals surface area contributed by atoms with Gasteiger partial charge in [0.1, 0.15) is 17.2 Å². The van der Waals surface area contributed by atoms with Crippen molar-refractivity contribution in [3.05, 3.63) is 54.1 Å². The van der Waals surface area contributed by atoms with Crippen LogP contribution in [0.25, 0.3) is 6.08 Å². The van der Waals surface area contributed by atoms with Gasteiger partial charge in [0.05, 0.1) is 14.2 Å². The highest BCUT2D eigenvalue weighted by molar-refractivity contribution is 6.02. The smallest absolute Gasteiger partial charge is 0.259 e. The maximum atomic E-state index is 12.1. The van der Waals surface area contributed by atoms with Crippen molar-refractivity contribution in [3.8, 4) is 17.2 Å². The summed E-state index contributed by atoms with van der Waals surface area (Å²) in [7, 11) is 6.47. The lowest BCUT2D eigenvalue weighted by Gasteiger charge is -2.11. The van der Waals surface area contributed by atoms with Gasteiger partial charge in [0.2, 0.25) is 5.91 Å². The highest BCUT2D eigenvalue weighted by Crippen LogP contribution is 2.25. The molecule has 0 heterocycles. The minimum Gasteiger partial charge on any atom is -0.497 e. The van der Waals surface area contributed by atoms with Crippen LogP contribution in [0.15, 0.2) is 48.5 Å². The molecule has 2 aromatic rings. The first-order valence-corrected chi connectivity index (χ1v) is 8.57. The molecule has 0 saturated carbocycles. The third kappa shape index (κ3) is 6.05. The van der Waals surface area contributed by atoms with E-state index in [0.717, 1.165) is 5.56 Å². The van der Waals surface area contributed by atoms with E-state index in [9.17, 15) is 9.59 Å². The van der Waals surface area contributed by atoms with E-state index in [1.807, 2.05) is 6.07 Å². The topological polar surface area (TPSA) is 77.1 Å². The maximum Gasteiger partial charge on any atom is 0.259 e. The zero-order valence-electron chi connectivity index (χ0n) is 16.4. The molecule has 0 saturated heterocycles. The summed E-state index contributed by atoms with van der Waals surface area (Å²) < 4.78 is 15.9. The Kier molecular flexibility index (Phi) is 7.45. The molecule has 0 radical (unpaired) electrons. The molecule has 0 aromatic heterocycles. The van der Waals surface area contributed by atoms with Gasteiger partial charge in [0.25, 0.3) is 5.91 Å². The van der Waals surface area contributed by atoms with E-state index in [-0.39, 0.29) is 18.4 Å². The Morgan fingerprint density at radius 1 is 1.00 bits per heavy atom. The number of rotatable bonds is 8. The number of methoxy groups -OCH3 is 2. The number of nitrogens with one attached hydrogen (secondary N) is 1. The molecular weight excluding hydrogens is 360 g/mol. The van der Waals surface area contributed by atoms with Gasteiger partial charge in [0.15, 0.2) is 6.61 Å². The van der Waals surface area contributed by atoms with Crippen molar-refractivity contribution in [3.63, 3.8) is 0 Å². The standard InChI is InChI=1S/C21H24N2O5/c1-23(2)21(25)14-28-17-10-7-16(8-11-17)22-20(24)12-6-15-5-9-18(26-3)13-19(15)27-4/h5-13H,14H2,1-4H3,(H,22,24)/b12-6+. The number of anilines is 1. The molecule has 7 nitrogen and oxygen atoms in total. The fourth-order valence-corrected chi connectivity index (χ4v) is 2.21. The van der Waals surface area contributed by atoms with E-state index in [0.29, 0.717) is 22.9 Å². The van der Waals surface area contributed by atoms with Crippen LogP contribution in [0.1, 0.15) is 5.56 Å². The number of hydrogen-bond acceptors (Lipinski definition) is 5. The fraction of sp³-hybridized carbons (Fsp3) is 0.238. The zero-order chi connectivity index (χ0) is 20.5. The Labute approximate surface area is 164 Å². The predicted octanol–water partition coefficient (Wildman–Crippen LogP) is 2.82. The van der Waals surface area contributed by atoms with E-state index in [2.05, 4.69) is 5.32 Å². The van der Waals surface area contributed by atoms with E-state index in [4.69, 9.17) is 14.2 Å². The molecule has 0 fully saturated rings. The van der Waals surface area contributed by atoms with Gasteiger partial charge in [-0.2, -0.15) is 0 Å². The third-order valence-electron chi connectivity index (χ3n) is 3.84. The monoisotopic (exact) mass is 384 g/mol. The molecular formula is C21H24N2O5. The lowest BCUT2D eigenvalue weighted by molar-refractivity contribution is -0.130. The third-order valence-corrected chi connectivity index (χ3v) is 3.84. The number of benzene rings is 2. The summed E-state index contributed by atoms with van der Waals surface area (Å²) in [5.41, 5.74) is 1.37. The second kappa shape index (κ2) is 10.0. The van der Waals surface area contributed by atoms with Crippen molar-refractivity contribution >= 4 is 23.6 Å². The Hall–Kier alpha value is -3.48. The van der Waals surface area contributed by atoms with Gasteiger partial charge < -0.3 is 24.4 Å². The number of amides is 2. The van der Waals surface area contributed by atoms with Gasteiger partial charge in [-0.1, -0.05) is 0 Å². The summed E-state index contributed by atoms with van der Waals surface area (Å²) in [5.74, 6) is 1.42. The summed E-state index contributed by atoms with van der Waals surface area (Å²) in [6, 6.07) is 12.1. The van der Waals surface area contributed by atoms with Crippen molar-refractivity contribution in [1.82, 2.24) is 4.90 Å². The molecule has 0 aliphatic carbocycles. The molecule has 148 valence electrons. The average molecular weight is 384 g/mol. The largest absolute Gasteiger partial charge is 0.497 e. The molecule has 2 aromatic carbocycles. The lowest BCUT2D eigenvalue weighted by atomic mass is 10.1. The molecule has 0 spiro atoms. The van der Waals surface area contributed by atoms with Crippen LogP contribution in [0.2, 0.25) is 0 Å². The summed E-state index contributed by atoms with van der Waals surface area (Å²) in [5, 5.41) is 2.76. The normalized spacial score (nSPS) is 10.4. The summed E-state index contributed by atoms with van der Waals surface area (Å²) in [6.07, 6.45) is 3.09. The molecule has 28 heavy (non-hydrogen) atoms. The van der Waals surface area contributed by atoms with Crippen LogP contribution < -0.4 is 19.5 Å². The summed E-state index contributed by atoms with van der Waals surface area (Å²) >= 11 is 0. The Balaban J connectivity index is 1.94. The van der Waals surface area contributed by atoms with E-state index in [1.54, 1.807) is 70.8 Å². The van der Waals surface area contributed by atoms with Crippen LogP contribution in [0.5, 0.6) is 17.2 Å². The molecule has 0 bridgehead atoms. The minimum absolute atomic E-state index is 0.0366. The van der Waals surface area contributed by atoms with Crippen molar-refractivity contribution < 1.29 is 23.8 Å². The minimum atomic E-state index is -0.283. The Morgan fingerprint density at radius 3 is 2.29 bits per heavy atom.